The van der Waals surface area contributed by atoms with E-state index in [9.17, 15) is 5.11 Å². The molecule has 3 nitrogen and oxygen atoms in total. The lowest BCUT2D eigenvalue weighted by Gasteiger charge is -2.41. The number of allylic oxidation sites excluding steroid dienone is 1. The average Bonchev–Trinajstić information content (AvgIpc) is 2.87. The van der Waals surface area contributed by atoms with Crippen LogP contribution in [-0.2, 0) is 5.41 Å². The Balaban J connectivity index is 1.98. The molecule has 1 aromatic carbocycles. The van der Waals surface area contributed by atoms with Gasteiger partial charge in [0.25, 0.3) is 0 Å². The molecule has 0 aromatic heterocycles. The van der Waals surface area contributed by atoms with E-state index in [-0.39, 0.29) is 11.3 Å². The van der Waals surface area contributed by atoms with Crippen molar-refractivity contribution in [2.24, 2.45) is 5.92 Å². The molecule has 2 bridgehead atoms. The molecular weight excluding hydrogens is 260 g/mol. The summed E-state index contributed by atoms with van der Waals surface area (Å²) in [6, 6.07) is 8.93. The maximum atomic E-state index is 10.6. The quantitative estimate of drug-likeness (QED) is 0.718. The molecule has 0 aliphatic carbocycles. The van der Waals surface area contributed by atoms with Crippen molar-refractivity contribution in [2.45, 2.75) is 38.1 Å². The SMILES string of the molecule is CC1=[N+]2CC/C=C(/O)[C@@H](C)C3(CC2)c2ccccc2N[C@@H]13. The third-order valence-electron chi connectivity index (χ3n) is 5.92. The van der Waals surface area contributed by atoms with Gasteiger partial charge in [0, 0.05) is 36.8 Å². The molecule has 110 valence electrons. The molecule has 0 saturated heterocycles. The molecule has 0 saturated carbocycles. The zero-order valence-electron chi connectivity index (χ0n) is 12.8. The molecule has 0 fully saturated rings. The van der Waals surface area contributed by atoms with Crippen LogP contribution in [0.3, 0.4) is 0 Å². The minimum Gasteiger partial charge on any atom is -0.512 e. The Morgan fingerprint density at radius 3 is 2.95 bits per heavy atom. The second kappa shape index (κ2) is 4.36. The van der Waals surface area contributed by atoms with Crippen LogP contribution in [0.1, 0.15) is 32.3 Å². The van der Waals surface area contributed by atoms with Gasteiger partial charge in [-0.05, 0) is 17.7 Å². The second-order valence-corrected chi connectivity index (χ2v) is 6.68. The normalized spacial score (nSPS) is 36.8. The lowest BCUT2D eigenvalue weighted by molar-refractivity contribution is -0.535. The number of benzene rings is 1. The molecular formula is C18H23N2O+. The zero-order valence-corrected chi connectivity index (χ0v) is 12.8. The van der Waals surface area contributed by atoms with Crippen molar-refractivity contribution >= 4 is 11.4 Å². The van der Waals surface area contributed by atoms with Gasteiger partial charge in [-0.2, -0.15) is 0 Å². The lowest BCUT2D eigenvalue weighted by atomic mass is 9.63. The van der Waals surface area contributed by atoms with Crippen LogP contribution >= 0.6 is 0 Å². The topological polar surface area (TPSA) is 35.3 Å². The van der Waals surface area contributed by atoms with E-state index in [1.165, 1.54) is 17.0 Å². The second-order valence-electron chi connectivity index (χ2n) is 6.68. The van der Waals surface area contributed by atoms with Crippen molar-refractivity contribution in [3.8, 4) is 0 Å². The van der Waals surface area contributed by atoms with E-state index in [1.54, 1.807) is 0 Å². The Hall–Kier alpha value is -1.77. The van der Waals surface area contributed by atoms with Crippen LogP contribution in [0.25, 0.3) is 0 Å². The van der Waals surface area contributed by atoms with Gasteiger partial charge in [0.05, 0.1) is 5.76 Å². The predicted octanol–water partition coefficient (Wildman–Crippen LogP) is 3.08. The maximum Gasteiger partial charge on any atom is 0.172 e. The summed E-state index contributed by atoms with van der Waals surface area (Å²) >= 11 is 0. The van der Waals surface area contributed by atoms with Crippen molar-refractivity contribution in [3.05, 3.63) is 41.7 Å². The molecule has 1 spiro atoms. The summed E-state index contributed by atoms with van der Waals surface area (Å²) < 4.78 is 2.49. The Labute approximate surface area is 126 Å². The lowest BCUT2D eigenvalue weighted by Crippen LogP contribution is -2.55. The fraction of sp³-hybridized carbons (Fsp3) is 0.500. The summed E-state index contributed by atoms with van der Waals surface area (Å²) in [5.74, 6) is 0.712. The summed E-state index contributed by atoms with van der Waals surface area (Å²) in [5, 5.41) is 14.3. The van der Waals surface area contributed by atoms with E-state index in [4.69, 9.17) is 0 Å². The molecule has 0 radical (unpaired) electrons. The van der Waals surface area contributed by atoms with Crippen molar-refractivity contribution < 1.29 is 9.68 Å². The highest BCUT2D eigenvalue weighted by molar-refractivity contribution is 5.91. The molecule has 4 aliphatic heterocycles. The first-order valence-corrected chi connectivity index (χ1v) is 7.98. The molecule has 0 amide bonds. The van der Waals surface area contributed by atoms with E-state index >= 15 is 0 Å². The van der Waals surface area contributed by atoms with E-state index < -0.39 is 0 Å². The standard InChI is InChI=1S/C18H22N2O/c1-12-16(21)8-5-10-20-11-9-18(12)14-6-3-4-7-15(14)19-17(18)13(20)2/h3-4,6-8,12,17,19H,5,9-11H2,1-2H3/p+1/b16-8+/t12-,17+,18?/m1/s1. The predicted molar refractivity (Wildman–Crippen MR) is 85.3 cm³/mol. The van der Waals surface area contributed by atoms with Crippen LogP contribution < -0.4 is 5.32 Å². The van der Waals surface area contributed by atoms with Crippen molar-refractivity contribution in [2.75, 3.05) is 18.4 Å². The first-order chi connectivity index (χ1) is 10.1. The van der Waals surface area contributed by atoms with Crippen LogP contribution in [0.2, 0.25) is 0 Å². The van der Waals surface area contributed by atoms with Crippen LogP contribution in [0.15, 0.2) is 36.1 Å². The number of nitrogens with one attached hydrogen (secondary N) is 1. The van der Waals surface area contributed by atoms with Crippen LogP contribution in [0.4, 0.5) is 5.69 Å². The third-order valence-corrected chi connectivity index (χ3v) is 5.92. The number of hydrogen-bond acceptors (Lipinski definition) is 2. The number of fused-ring (bicyclic) bond motifs is 5. The van der Waals surface area contributed by atoms with E-state index in [0.29, 0.717) is 11.8 Å². The molecule has 3 heteroatoms. The number of rotatable bonds is 0. The molecule has 5 rings (SSSR count). The first kappa shape index (κ1) is 12.9. The number of anilines is 1. The molecule has 1 aromatic rings. The van der Waals surface area contributed by atoms with Gasteiger partial charge in [-0.25, -0.2) is 4.58 Å². The summed E-state index contributed by atoms with van der Waals surface area (Å²) in [4.78, 5) is 0. The number of aliphatic hydroxyl groups excluding tert-OH is 1. The highest BCUT2D eigenvalue weighted by Crippen LogP contribution is 2.52. The third kappa shape index (κ3) is 1.57. The average molecular weight is 283 g/mol. The minimum absolute atomic E-state index is 0.0118. The van der Waals surface area contributed by atoms with Crippen LogP contribution in [0.5, 0.6) is 0 Å². The summed E-state index contributed by atoms with van der Waals surface area (Å²) in [6.07, 6.45) is 4.05. The molecule has 1 unspecified atom stereocenters. The fourth-order valence-electron chi connectivity index (χ4n) is 4.69. The fourth-order valence-corrected chi connectivity index (χ4v) is 4.69. The minimum atomic E-state index is -0.0118. The van der Waals surface area contributed by atoms with Crippen LogP contribution in [-0.4, -0.2) is 34.5 Å². The van der Waals surface area contributed by atoms with Crippen molar-refractivity contribution in [3.63, 3.8) is 0 Å². The van der Waals surface area contributed by atoms with Gasteiger partial charge in [0.15, 0.2) is 5.71 Å². The molecule has 4 aliphatic rings. The number of para-hydroxylation sites is 1. The van der Waals surface area contributed by atoms with Gasteiger partial charge in [-0.3, -0.25) is 0 Å². The Bertz CT molecular complexity index is 661. The molecule has 3 atom stereocenters. The maximum absolute atomic E-state index is 10.6. The molecule has 2 N–H and O–H groups in total. The van der Waals surface area contributed by atoms with Crippen molar-refractivity contribution in [1.82, 2.24) is 0 Å². The highest BCUT2D eigenvalue weighted by Gasteiger charge is 2.57. The highest BCUT2D eigenvalue weighted by atomic mass is 16.3. The van der Waals surface area contributed by atoms with Gasteiger partial charge in [-0.15, -0.1) is 0 Å². The van der Waals surface area contributed by atoms with E-state index in [0.717, 1.165) is 25.9 Å². The van der Waals surface area contributed by atoms with Crippen molar-refractivity contribution in [1.29, 1.82) is 0 Å². The Kier molecular flexibility index (Phi) is 2.69. The van der Waals surface area contributed by atoms with Gasteiger partial charge in [0.1, 0.15) is 19.1 Å². The number of aliphatic hydroxyl groups is 1. The Morgan fingerprint density at radius 1 is 1.29 bits per heavy atom. The van der Waals surface area contributed by atoms with E-state index in [1.807, 2.05) is 6.08 Å². The summed E-state index contributed by atoms with van der Waals surface area (Å²) in [7, 11) is 0. The van der Waals surface area contributed by atoms with Crippen LogP contribution in [0, 0.1) is 5.92 Å². The number of nitrogens with zero attached hydrogens (tertiary/aromatic N) is 1. The van der Waals surface area contributed by atoms with Gasteiger partial charge in [0.2, 0.25) is 0 Å². The largest absolute Gasteiger partial charge is 0.512 e. The zero-order chi connectivity index (χ0) is 14.6. The Morgan fingerprint density at radius 2 is 2.10 bits per heavy atom. The van der Waals surface area contributed by atoms with Gasteiger partial charge >= 0.3 is 0 Å². The first-order valence-electron chi connectivity index (χ1n) is 7.98. The van der Waals surface area contributed by atoms with Gasteiger partial charge < -0.3 is 10.4 Å². The molecule has 4 heterocycles. The summed E-state index contributed by atoms with van der Waals surface area (Å²) in [5.41, 5.74) is 4.03. The summed E-state index contributed by atoms with van der Waals surface area (Å²) in [6.45, 7) is 6.54. The van der Waals surface area contributed by atoms with E-state index in [2.05, 4.69) is 48.0 Å². The number of hydrogen-bond donors (Lipinski definition) is 2. The smallest absolute Gasteiger partial charge is 0.172 e. The molecule has 21 heavy (non-hydrogen) atoms. The monoisotopic (exact) mass is 283 g/mol. The van der Waals surface area contributed by atoms with Gasteiger partial charge in [-0.1, -0.05) is 25.1 Å².